The number of nitrogens with one attached hydrogen (secondary N) is 1. The molecule has 0 aliphatic rings. The van der Waals surface area contributed by atoms with Gasteiger partial charge in [0, 0.05) is 4.88 Å². The molecule has 0 aliphatic heterocycles. The minimum absolute atomic E-state index is 0.184. The first-order valence-corrected chi connectivity index (χ1v) is 6.90. The topological polar surface area (TPSA) is 68.0 Å². The van der Waals surface area contributed by atoms with E-state index in [0.29, 0.717) is 6.54 Å². The Morgan fingerprint density at radius 3 is 2.63 bits per heavy atom. The second-order valence-electron chi connectivity index (χ2n) is 4.36. The van der Waals surface area contributed by atoms with E-state index in [1.54, 1.807) is 11.3 Å². The summed E-state index contributed by atoms with van der Waals surface area (Å²) in [5, 5.41) is 3.73. The third-order valence-corrected chi connectivity index (χ3v) is 4.00. The van der Waals surface area contributed by atoms with Crippen LogP contribution in [-0.4, -0.2) is 10.9 Å². The Kier molecular flexibility index (Phi) is 4.29. The molecule has 1 heterocycles. The molecule has 0 fully saturated rings. The minimum Gasteiger partial charge on any atom is -0.348 e. The number of hydrogen-bond donors (Lipinski definition) is 2. The normalized spacial score (nSPS) is 12.2. The summed E-state index contributed by atoms with van der Waals surface area (Å²) in [6, 6.07) is 8.70. The molecule has 3 N–H and O–H groups in total. The summed E-state index contributed by atoms with van der Waals surface area (Å²) in [5.74, 6) is -0.184. The number of benzene rings is 1. The molecule has 0 radical (unpaired) electrons. The van der Waals surface area contributed by atoms with Crippen LogP contribution >= 0.6 is 11.3 Å². The van der Waals surface area contributed by atoms with Crippen LogP contribution in [0.15, 0.2) is 30.3 Å². The van der Waals surface area contributed by atoms with E-state index in [0.717, 1.165) is 16.3 Å². The number of aromatic nitrogens is 1. The third kappa shape index (κ3) is 3.39. The highest BCUT2D eigenvalue weighted by molar-refractivity contribution is 7.11. The van der Waals surface area contributed by atoms with Crippen molar-refractivity contribution in [2.75, 3.05) is 0 Å². The maximum Gasteiger partial charge on any atom is 0.241 e. The summed E-state index contributed by atoms with van der Waals surface area (Å²) in [5.41, 5.74) is 7.74. The van der Waals surface area contributed by atoms with Crippen LogP contribution in [0.2, 0.25) is 0 Å². The van der Waals surface area contributed by atoms with Gasteiger partial charge in [0.05, 0.1) is 12.2 Å². The van der Waals surface area contributed by atoms with Crippen molar-refractivity contribution in [3.05, 3.63) is 51.5 Å². The SMILES string of the molecule is Cc1nc(CNC(=O)C(N)c2ccccc2)sc1C. The molecule has 4 nitrogen and oxygen atoms in total. The van der Waals surface area contributed by atoms with E-state index in [9.17, 15) is 4.79 Å². The first kappa shape index (κ1) is 13.7. The number of carbonyl (C=O) groups is 1. The van der Waals surface area contributed by atoms with E-state index in [2.05, 4.69) is 10.3 Å². The summed E-state index contributed by atoms with van der Waals surface area (Å²) in [6.45, 7) is 4.42. The number of aryl methyl sites for hydroxylation is 2. The van der Waals surface area contributed by atoms with Gasteiger partial charge in [0.1, 0.15) is 11.0 Å². The molecule has 1 amide bonds. The largest absolute Gasteiger partial charge is 0.348 e. The third-order valence-electron chi connectivity index (χ3n) is 2.93. The minimum atomic E-state index is -0.636. The number of thiazole rings is 1. The monoisotopic (exact) mass is 275 g/mol. The maximum atomic E-state index is 11.9. The fourth-order valence-corrected chi connectivity index (χ4v) is 2.57. The van der Waals surface area contributed by atoms with Crippen molar-refractivity contribution >= 4 is 17.2 Å². The molecular formula is C14H17N3OS. The van der Waals surface area contributed by atoms with Crippen LogP contribution in [0.3, 0.4) is 0 Å². The second-order valence-corrected chi connectivity index (χ2v) is 5.64. The smallest absolute Gasteiger partial charge is 0.241 e. The van der Waals surface area contributed by atoms with E-state index in [1.807, 2.05) is 44.2 Å². The first-order valence-electron chi connectivity index (χ1n) is 6.09. The summed E-state index contributed by atoms with van der Waals surface area (Å²) >= 11 is 1.60. The quantitative estimate of drug-likeness (QED) is 0.897. The van der Waals surface area contributed by atoms with Crippen LogP contribution < -0.4 is 11.1 Å². The zero-order valence-electron chi connectivity index (χ0n) is 11.0. The van der Waals surface area contributed by atoms with E-state index in [4.69, 9.17) is 5.73 Å². The van der Waals surface area contributed by atoms with E-state index < -0.39 is 6.04 Å². The van der Waals surface area contributed by atoms with Crippen molar-refractivity contribution in [3.8, 4) is 0 Å². The Morgan fingerprint density at radius 2 is 2.05 bits per heavy atom. The molecule has 2 aromatic rings. The molecule has 1 unspecified atom stereocenters. The number of hydrogen-bond acceptors (Lipinski definition) is 4. The Hall–Kier alpha value is -1.72. The lowest BCUT2D eigenvalue weighted by molar-refractivity contribution is -0.122. The lowest BCUT2D eigenvalue weighted by Gasteiger charge is -2.11. The summed E-state index contributed by atoms with van der Waals surface area (Å²) in [7, 11) is 0. The Morgan fingerprint density at radius 1 is 1.37 bits per heavy atom. The molecule has 1 aromatic carbocycles. The van der Waals surface area contributed by atoms with Gasteiger partial charge in [-0.1, -0.05) is 30.3 Å². The van der Waals surface area contributed by atoms with Gasteiger partial charge in [-0.05, 0) is 19.4 Å². The van der Waals surface area contributed by atoms with Gasteiger partial charge >= 0.3 is 0 Å². The van der Waals surface area contributed by atoms with Gasteiger partial charge in [0.2, 0.25) is 5.91 Å². The zero-order valence-corrected chi connectivity index (χ0v) is 11.8. The highest BCUT2D eigenvalue weighted by atomic mass is 32.1. The zero-order chi connectivity index (χ0) is 13.8. The highest BCUT2D eigenvalue weighted by Crippen LogP contribution is 2.16. The molecular weight excluding hydrogens is 258 g/mol. The molecule has 5 heteroatoms. The molecule has 0 aliphatic carbocycles. The molecule has 2 rings (SSSR count). The first-order chi connectivity index (χ1) is 9.08. The van der Waals surface area contributed by atoms with Crippen molar-refractivity contribution in [2.24, 2.45) is 5.73 Å². The summed E-state index contributed by atoms with van der Waals surface area (Å²) < 4.78 is 0. The van der Waals surface area contributed by atoms with Gasteiger partial charge in [-0.15, -0.1) is 11.3 Å². The van der Waals surface area contributed by atoms with E-state index in [-0.39, 0.29) is 5.91 Å². The molecule has 0 saturated carbocycles. The van der Waals surface area contributed by atoms with Gasteiger partial charge in [-0.25, -0.2) is 4.98 Å². The second kappa shape index (κ2) is 5.95. The number of amides is 1. The van der Waals surface area contributed by atoms with Crippen LogP contribution in [0.1, 0.15) is 27.2 Å². The Balaban J connectivity index is 1.94. The van der Waals surface area contributed by atoms with Crippen molar-refractivity contribution < 1.29 is 4.79 Å². The fourth-order valence-electron chi connectivity index (χ4n) is 1.70. The van der Waals surface area contributed by atoms with Crippen LogP contribution in [0.5, 0.6) is 0 Å². The molecule has 0 saturated heterocycles. The highest BCUT2D eigenvalue weighted by Gasteiger charge is 2.15. The average Bonchev–Trinajstić information content (AvgIpc) is 2.75. The van der Waals surface area contributed by atoms with Crippen molar-refractivity contribution in [3.63, 3.8) is 0 Å². The average molecular weight is 275 g/mol. The van der Waals surface area contributed by atoms with Crippen molar-refractivity contribution in [1.29, 1.82) is 0 Å². The molecule has 1 aromatic heterocycles. The maximum absolute atomic E-state index is 11.9. The van der Waals surface area contributed by atoms with E-state index >= 15 is 0 Å². The summed E-state index contributed by atoms with van der Waals surface area (Å²) in [6.07, 6.45) is 0. The van der Waals surface area contributed by atoms with Crippen LogP contribution in [0.4, 0.5) is 0 Å². The van der Waals surface area contributed by atoms with Gasteiger partial charge in [0.15, 0.2) is 0 Å². The van der Waals surface area contributed by atoms with Gasteiger partial charge in [0.25, 0.3) is 0 Å². The van der Waals surface area contributed by atoms with Gasteiger partial charge in [-0.3, -0.25) is 4.79 Å². The number of nitrogens with zero attached hydrogens (tertiary/aromatic N) is 1. The molecule has 100 valence electrons. The van der Waals surface area contributed by atoms with Gasteiger partial charge in [-0.2, -0.15) is 0 Å². The molecule has 1 atom stereocenters. The number of nitrogens with two attached hydrogens (primary N) is 1. The lowest BCUT2D eigenvalue weighted by Crippen LogP contribution is -2.33. The number of carbonyl (C=O) groups excluding carboxylic acids is 1. The van der Waals surface area contributed by atoms with Crippen molar-refractivity contribution in [1.82, 2.24) is 10.3 Å². The number of rotatable bonds is 4. The van der Waals surface area contributed by atoms with Crippen LogP contribution in [0.25, 0.3) is 0 Å². The van der Waals surface area contributed by atoms with Gasteiger partial charge < -0.3 is 11.1 Å². The van der Waals surface area contributed by atoms with Crippen LogP contribution in [0, 0.1) is 13.8 Å². The van der Waals surface area contributed by atoms with Crippen molar-refractivity contribution in [2.45, 2.75) is 26.4 Å². The molecule has 0 spiro atoms. The lowest BCUT2D eigenvalue weighted by atomic mass is 10.1. The predicted octanol–water partition coefficient (Wildman–Crippen LogP) is 2.08. The molecule has 19 heavy (non-hydrogen) atoms. The predicted molar refractivity (Wildman–Crippen MR) is 76.8 cm³/mol. The molecule has 0 bridgehead atoms. The summed E-state index contributed by atoms with van der Waals surface area (Å²) in [4.78, 5) is 17.5. The fraction of sp³-hybridized carbons (Fsp3) is 0.286. The Labute approximate surface area is 116 Å². The van der Waals surface area contributed by atoms with Crippen LogP contribution in [-0.2, 0) is 11.3 Å². The standard InChI is InChI=1S/C14H17N3OS/c1-9-10(2)19-12(17-9)8-16-14(18)13(15)11-6-4-3-5-7-11/h3-7,13H,8,15H2,1-2H3,(H,16,18). The van der Waals surface area contributed by atoms with E-state index in [1.165, 1.54) is 4.88 Å². The Bertz CT molecular complexity index is 546.